The van der Waals surface area contributed by atoms with Crippen molar-refractivity contribution >= 4 is 40.6 Å². The lowest BCUT2D eigenvalue weighted by atomic mass is 10.2. The van der Waals surface area contributed by atoms with E-state index in [1.165, 1.54) is 11.8 Å². The fraction of sp³-hybridized carbons (Fsp3) is 0.286. The number of thioether (sulfide) groups is 1. The first-order valence-electron chi connectivity index (χ1n) is 6.16. The monoisotopic (exact) mass is 326 g/mol. The van der Waals surface area contributed by atoms with E-state index < -0.39 is 0 Å². The van der Waals surface area contributed by atoms with E-state index in [1.807, 2.05) is 43.5 Å². The van der Waals surface area contributed by atoms with Crippen molar-refractivity contribution in [2.75, 3.05) is 0 Å². The maximum atomic E-state index is 12.0. The number of carbonyl (C=O) groups is 1. The molecule has 0 saturated heterocycles. The first-order chi connectivity index (χ1) is 9.56. The van der Waals surface area contributed by atoms with Gasteiger partial charge in [0.05, 0.1) is 5.25 Å². The van der Waals surface area contributed by atoms with Crippen molar-refractivity contribution in [3.8, 4) is 0 Å². The van der Waals surface area contributed by atoms with E-state index in [-0.39, 0.29) is 11.2 Å². The summed E-state index contributed by atoms with van der Waals surface area (Å²) < 4.78 is 0.919. The zero-order valence-corrected chi connectivity index (χ0v) is 13.6. The number of nitrogens with one attached hydrogen (secondary N) is 1. The average molecular weight is 327 g/mol. The summed E-state index contributed by atoms with van der Waals surface area (Å²) in [6.07, 6.45) is 0. The predicted octanol–water partition coefficient (Wildman–Crippen LogP) is 3.90. The van der Waals surface area contributed by atoms with E-state index in [9.17, 15) is 4.79 Å². The molecule has 1 heterocycles. The molecular formula is C14H15ClN2OS2. The molecule has 0 aliphatic heterocycles. The summed E-state index contributed by atoms with van der Waals surface area (Å²) in [6.45, 7) is 4.27. The molecule has 0 radical (unpaired) electrons. The van der Waals surface area contributed by atoms with Crippen LogP contribution in [0.4, 0.5) is 0 Å². The Morgan fingerprint density at radius 2 is 2.25 bits per heavy atom. The SMILES string of the molecule is Cc1csc(SC(C)C(=O)NCc2ccccc2Cl)n1. The van der Waals surface area contributed by atoms with Gasteiger partial charge >= 0.3 is 0 Å². The number of nitrogens with zero attached hydrogens (tertiary/aromatic N) is 1. The molecular weight excluding hydrogens is 312 g/mol. The number of rotatable bonds is 5. The number of thiazole rings is 1. The molecule has 0 fully saturated rings. The van der Waals surface area contributed by atoms with Crippen LogP contribution in [0.15, 0.2) is 34.0 Å². The van der Waals surface area contributed by atoms with Crippen LogP contribution in [-0.2, 0) is 11.3 Å². The Kier molecular flexibility index (Phi) is 5.46. The molecule has 6 heteroatoms. The van der Waals surface area contributed by atoms with Gasteiger partial charge in [0.2, 0.25) is 5.91 Å². The standard InChI is InChI=1S/C14H15ClN2OS2/c1-9-8-19-14(17-9)20-10(2)13(18)16-7-11-5-3-4-6-12(11)15/h3-6,8,10H,7H2,1-2H3,(H,16,18). The molecule has 0 saturated carbocycles. The quantitative estimate of drug-likeness (QED) is 0.847. The lowest BCUT2D eigenvalue weighted by Crippen LogP contribution is -2.30. The fourth-order valence-corrected chi connectivity index (χ4v) is 3.77. The molecule has 1 unspecified atom stereocenters. The number of hydrogen-bond donors (Lipinski definition) is 1. The van der Waals surface area contributed by atoms with Gasteiger partial charge in [-0.05, 0) is 25.5 Å². The molecule has 1 atom stereocenters. The van der Waals surface area contributed by atoms with Crippen molar-refractivity contribution in [3.05, 3.63) is 45.9 Å². The van der Waals surface area contributed by atoms with E-state index in [0.29, 0.717) is 11.6 Å². The summed E-state index contributed by atoms with van der Waals surface area (Å²) in [5, 5.41) is 5.37. The van der Waals surface area contributed by atoms with Crippen molar-refractivity contribution in [1.29, 1.82) is 0 Å². The van der Waals surface area contributed by atoms with Crippen molar-refractivity contribution in [3.63, 3.8) is 0 Å². The Labute approximate surface area is 131 Å². The van der Waals surface area contributed by atoms with Gasteiger partial charge in [-0.1, -0.05) is 41.6 Å². The van der Waals surface area contributed by atoms with Gasteiger partial charge in [-0.25, -0.2) is 4.98 Å². The minimum absolute atomic E-state index is 0.0113. The van der Waals surface area contributed by atoms with Crippen molar-refractivity contribution in [2.24, 2.45) is 0 Å². The Hall–Kier alpha value is -1.04. The highest BCUT2D eigenvalue weighted by Crippen LogP contribution is 2.26. The number of hydrogen-bond acceptors (Lipinski definition) is 4. The maximum absolute atomic E-state index is 12.0. The van der Waals surface area contributed by atoms with Crippen LogP contribution >= 0.6 is 34.7 Å². The van der Waals surface area contributed by atoms with Crippen LogP contribution < -0.4 is 5.32 Å². The Bertz CT molecular complexity index is 600. The minimum Gasteiger partial charge on any atom is -0.351 e. The molecule has 1 aromatic heterocycles. The Morgan fingerprint density at radius 3 is 2.90 bits per heavy atom. The van der Waals surface area contributed by atoms with Crippen molar-refractivity contribution < 1.29 is 4.79 Å². The van der Waals surface area contributed by atoms with Crippen LogP contribution in [0.3, 0.4) is 0 Å². The Balaban J connectivity index is 1.87. The molecule has 0 aliphatic carbocycles. The fourth-order valence-electron chi connectivity index (χ4n) is 1.56. The van der Waals surface area contributed by atoms with E-state index in [0.717, 1.165) is 15.6 Å². The molecule has 1 N–H and O–H groups in total. The minimum atomic E-state index is -0.178. The molecule has 20 heavy (non-hydrogen) atoms. The number of aryl methyl sites for hydroxylation is 1. The predicted molar refractivity (Wildman–Crippen MR) is 85.5 cm³/mol. The zero-order chi connectivity index (χ0) is 14.5. The average Bonchev–Trinajstić information content (AvgIpc) is 2.82. The number of aromatic nitrogens is 1. The summed E-state index contributed by atoms with van der Waals surface area (Å²) >= 11 is 9.09. The first kappa shape index (κ1) is 15.4. The molecule has 0 aliphatic rings. The summed E-state index contributed by atoms with van der Waals surface area (Å²) in [5.41, 5.74) is 1.91. The van der Waals surface area contributed by atoms with Crippen LogP contribution in [-0.4, -0.2) is 16.1 Å². The summed E-state index contributed by atoms with van der Waals surface area (Å²) in [6, 6.07) is 7.50. The third-order valence-corrected chi connectivity index (χ3v) is 5.21. The van der Waals surface area contributed by atoms with Gasteiger partial charge in [0.1, 0.15) is 0 Å². The second kappa shape index (κ2) is 7.11. The largest absolute Gasteiger partial charge is 0.351 e. The lowest BCUT2D eigenvalue weighted by Gasteiger charge is -2.11. The first-order valence-corrected chi connectivity index (χ1v) is 8.30. The summed E-state index contributed by atoms with van der Waals surface area (Å²) in [5.74, 6) is -0.0113. The van der Waals surface area contributed by atoms with Crippen molar-refractivity contribution in [2.45, 2.75) is 30.0 Å². The second-order valence-electron chi connectivity index (χ2n) is 4.32. The topological polar surface area (TPSA) is 42.0 Å². The lowest BCUT2D eigenvalue weighted by molar-refractivity contribution is -0.120. The van der Waals surface area contributed by atoms with Crippen LogP contribution in [0.25, 0.3) is 0 Å². The molecule has 3 nitrogen and oxygen atoms in total. The van der Waals surface area contributed by atoms with Crippen LogP contribution in [0.2, 0.25) is 5.02 Å². The van der Waals surface area contributed by atoms with Gasteiger partial charge in [-0.15, -0.1) is 11.3 Å². The molecule has 2 rings (SSSR count). The Morgan fingerprint density at radius 1 is 1.50 bits per heavy atom. The number of amides is 1. The van der Waals surface area contributed by atoms with Gasteiger partial charge < -0.3 is 5.32 Å². The highest BCUT2D eigenvalue weighted by atomic mass is 35.5. The zero-order valence-electron chi connectivity index (χ0n) is 11.2. The molecule has 0 bridgehead atoms. The van der Waals surface area contributed by atoms with E-state index in [2.05, 4.69) is 10.3 Å². The van der Waals surface area contributed by atoms with Crippen LogP contribution in [0, 0.1) is 6.92 Å². The third-order valence-electron chi connectivity index (χ3n) is 2.66. The molecule has 2 aromatic rings. The third kappa shape index (κ3) is 4.23. The van der Waals surface area contributed by atoms with Gasteiger partial charge in [-0.2, -0.15) is 0 Å². The van der Waals surface area contributed by atoms with Gasteiger partial charge in [0.15, 0.2) is 4.34 Å². The number of benzene rings is 1. The number of carbonyl (C=O) groups excluding carboxylic acids is 1. The molecule has 1 aromatic carbocycles. The summed E-state index contributed by atoms with van der Waals surface area (Å²) in [7, 11) is 0. The van der Waals surface area contributed by atoms with Gasteiger partial charge in [-0.3, -0.25) is 4.79 Å². The smallest absolute Gasteiger partial charge is 0.233 e. The van der Waals surface area contributed by atoms with Crippen LogP contribution in [0.1, 0.15) is 18.2 Å². The van der Waals surface area contributed by atoms with E-state index >= 15 is 0 Å². The molecule has 0 spiro atoms. The second-order valence-corrected chi connectivity index (χ2v) is 7.18. The van der Waals surface area contributed by atoms with Gasteiger partial charge in [0, 0.05) is 22.6 Å². The van der Waals surface area contributed by atoms with E-state index in [1.54, 1.807) is 11.3 Å². The molecule has 1 amide bonds. The maximum Gasteiger partial charge on any atom is 0.233 e. The summed E-state index contributed by atoms with van der Waals surface area (Å²) in [4.78, 5) is 16.4. The normalized spacial score (nSPS) is 12.2. The van der Waals surface area contributed by atoms with E-state index in [4.69, 9.17) is 11.6 Å². The van der Waals surface area contributed by atoms with Gasteiger partial charge in [0.25, 0.3) is 0 Å². The molecule has 106 valence electrons. The van der Waals surface area contributed by atoms with Crippen molar-refractivity contribution in [1.82, 2.24) is 10.3 Å². The highest BCUT2D eigenvalue weighted by molar-refractivity contribution is 8.02. The number of halogens is 1. The highest BCUT2D eigenvalue weighted by Gasteiger charge is 2.16. The van der Waals surface area contributed by atoms with Crippen LogP contribution in [0.5, 0.6) is 0 Å².